The van der Waals surface area contributed by atoms with Crippen LogP contribution in [0.1, 0.15) is 31.7 Å². The minimum absolute atomic E-state index is 0. The molecule has 1 saturated heterocycles. The predicted molar refractivity (Wildman–Crippen MR) is 101 cm³/mol. The molecule has 1 fully saturated rings. The van der Waals surface area contributed by atoms with Gasteiger partial charge in [-0.1, -0.05) is 18.5 Å². The number of rotatable bonds is 5. The third-order valence-electron chi connectivity index (χ3n) is 4.66. The van der Waals surface area contributed by atoms with Crippen molar-refractivity contribution in [2.75, 3.05) is 39.4 Å². The van der Waals surface area contributed by atoms with E-state index in [4.69, 9.17) is 21.1 Å². The number of benzene rings is 1. The lowest BCUT2D eigenvalue weighted by Gasteiger charge is -2.32. The molecule has 0 radical (unpaired) electrons. The Kier molecular flexibility index (Phi) is 7.95. The second kappa shape index (κ2) is 9.71. The molecule has 1 N–H and O–H groups in total. The van der Waals surface area contributed by atoms with Crippen LogP contribution < -0.4 is 14.8 Å². The van der Waals surface area contributed by atoms with Crippen LogP contribution in [0.4, 0.5) is 0 Å². The van der Waals surface area contributed by atoms with Gasteiger partial charge < -0.3 is 14.8 Å². The summed E-state index contributed by atoms with van der Waals surface area (Å²) in [6.45, 7) is 9.00. The van der Waals surface area contributed by atoms with Crippen molar-refractivity contribution in [3.05, 3.63) is 22.7 Å². The van der Waals surface area contributed by atoms with Crippen LogP contribution in [0.3, 0.4) is 0 Å². The number of nitrogens with zero attached hydrogens (tertiary/aromatic N) is 1. The van der Waals surface area contributed by atoms with Gasteiger partial charge in [0.2, 0.25) is 0 Å². The summed E-state index contributed by atoms with van der Waals surface area (Å²) in [6, 6.07) is 4.12. The lowest BCUT2D eigenvalue weighted by molar-refractivity contribution is 0.175. The first-order valence-corrected chi connectivity index (χ1v) is 9.15. The summed E-state index contributed by atoms with van der Waals surface area (Å²) in [5.74, 6) is 2.32. The summed E-state index contributed by atoms with van der Waals surface area (Å²) in [7, 11) is 0. The Balaban J connectivity index is 0.00000208. The fourth-order valence-electron chi connectivity index (χ4n) is 3.33. The van der Waals surface area contributed by atoms with Crippen molar-refractivity contribution in [2.45, 2.75) is 32.7 Å². The van der Waals surface area contributed by atoms with E-state index in [1.807, 2.05) is 6.07 Å². The summed E-state index contributed by atoms with van der Waals surface area (Å²) >= 11 is 6.39. The molecule has 0 aromatic heterocycles. The van der Waals surface area contributed by atoms with E-state index in [1.165, 1.54) is 18.4 Å². The largest absolute Gasteiger partial charge is 0.489 e. The van der Waals surface area contributed by atoms with Crippen LogP contribution in [-0.2, 0) is 6.54 Å². The van der Waals surface area contributed by atoms with E-state index in [1.54, 1.807) is 0 Å². The number of piperidine rings is 1. The van der Waals surface area contributed by atoms with Crippen LogP contribution in [0.5, 0.6) is 11.5 Å². The highest BCUT2D eigenvalue weighted by Gasteiger charge is 2.21. The molecule has 1 aromatic rings. The molecule has 3 rings (SSSR count). The Morgan fingerprint density at radius 1 is 1.21 bits per heavy atom. The molecule has 4 nitrogen and oxygen atoms in total. The summed E-state index contributed by atoms with van der Waals surface area (Å²) in [5.41, 5.74) is 1.21. The zero-order valence-corrected chi connectivity index (χ0v) is 15.9. The molecule has 0 unspecified atom stereocenters. The Bertz CT molecular complexity index is 520. The lowest BCUT2D eigenvalue weighted by atomic mass is 9.96. The first-order valence-electron chi connectivity index (χ1n) is 8.77. The van der Waals surface area contributed by atoms with Gasteiger partial charge in [0, 0.05) is 13.0 Å². The molecule has 0 spiro atoms. The number of likely N-dealkylation sites (tertiary alicyclic amines) is 1. The maximum Gasteiger partial charge on any atom is 0.179 e. The fraction of sp³-hybridized carbons (Fsp3) is 0.667. The van der Waals surface area contributed by atoms with Gasteiger partial charge in [-0.25, -0.2) is 0 Å². The maximum absolute atomic E-state index is 6.39. The topological polar surface area (TPSA) is 33.7 Å². The highest BCUT2D eigenvalue weighted by Crippen LogP contribution is 2.38. The van der Waals surface area contributed by atoms with Crippen molar-refractivity contribution < 1.29 is 9.47 Å². The normalized spacial score (nSPS) is 18.8. The fourth-order valence-corrected chi connectivity index (χ4v) is 3.62. The van der Waals surface area contributed by atoms with Gasteiger partial charge in [0.15, 0.2) is 11.5 Å². The molecule has 0 amide bonds. The third-order valence-corrected chi connectivity index (χ3v) is 4.94. The van der Waals surface area contributed by atoms with E-state index < -0.39 is 0 Å². The van der Waals surface area contributed by atoms with E-state index in [9.17, 15) is 0 Å². The Labute approximate surface area is 156 Å². The van der Waals surface area contributed by atoms with Crippen molar-refractivity contribution in [2.24, 2.45) is 5.92 Å². The Morgan fingerprint density at radius 2 is 1.96 bits per heavy atom. The molecule has 0 atom stereocenters. The van der Waals surface area contributed by atoms with E-state index >= 15 is 0 Å². The number of halogens is 2. The molecule has 0 aliphatic carbocycles. The smallest absolute Gasteiger partial charge is 0.179 e. The molecule has 2 aliphatic heterocycles. The summed E-state index contributed by atoms with van der Waals surface area (Å²) in [5, 5.41) is 4.13. The number of ether oxygens (including phenoxy) is 2. The SMILES string of the molecule is CCNCC1CCN(Cc2cc(Cl)c3c(c2)OCCCO3)CC1.Cl. The quantitative estimate of drug-likeness (QED) is 0.850. The van der Waals surface area contributed by atoms with Gasteiger partial charge in [0.05, 0.1) is 18.2 Å². The summed E-state index contributed by atoms with van der Waals surface area (Å²) in [4.78, 5) is 2.51. The highest BCUT2D eigenvalue weighted by molar-refractivity contribution is 6.32. The minimum Gasteiger partial charge on any atom is -0.489 e. The van der Waals surface area contributed by atoms with Gasteiger partial charge in [0.1, 0.15) is 0 Å². The first-order chi connectivity index (χ1) is 11.3. The monoisotopic (exact) mass is 374 g/mol. The molecular weight excluding hydrogens is 347 g/mol. The molecule has 1 aromatic carbocycles. The number of hydrogen-bond acceptors (Lipinski definition) is 4. The van der Waals surface area contributed by atoms with Gasteiger partial charge in [-0.3, -0.25) is 4.90 Å². The predicted octanol–water partition coefficient (Wildman–Crippen LogP) is 3.74. The van der Waals surface area contributed by atoms with Crippen molar-refractivity contribution in [1.82, 2.24) is 10.2 Å². The van der Waals surface area contributed by atoms with Crippen LogP contribution in [0.15, 0.2) is 12.1 Å². The summed E-state index contributed by atoms with van der Waals surface area (Å²) in [6.07, 6.45) is 3.44. The molecule has 136 valence electrons. The van der Waals surface area contributed by atoms with Gasteiger partial charge in [-0.05, 0) is 62.6 Å². The number of fused-ring (bicyclic) bond motifs is 1. The zero-order chi connectivity index (χ0) is 16.1. The lowest BCUT2D eigenvalue weighted by Crippen LogP contribution is -2.36. The minimum atomic E-state index is 0. The molecule has 0 saturated carbocycles. The molecule has 6 heteroatoms. The van der Waals surface area contributed by atoms with Crippen LogP contribution in [0, 0.1) is 5.92 Å². The van der Waals surface area contributed by atoms with Gasteiger partial charge in [-0.2, -0.15) is 0 Å². The maximum atomic E-state index is 6.39. The Hall–Kier alpha value is -0.680. The average molecular weight is 375 g/mol. The van der Waals surface area contributed by atoms with Crippen molar-refractivity contribution in [3.8, 4) is 11.5 Å². The van der Waals surface area contributed by atoms with Gasteiger partial charge in [-0.15, -0.1) is 12.4 Å². The van der Waals surface area contributed by atoms with Crippen molar-refractivity contribution >= 4 is 24.0 Å². The zero-order valence-electron chi connectivity index (χ0n) is 14.4. The van der Waals surface area contributed by atoms with E-state index in [0.717, 1.165) is 50.8 Å². The third kappa shape index (κ3) is 5.16. The second-order valence-electron chi connectivity index (χ2n) is 6.48. The molecule has 2 aliphatic rings. The van der Waals surface area contributed by atoms with Crippen molar-refractivity contribution in [3.63, 3.8) is 0 Å². The van der Waals surface area contributed by atoms with E-state index in [0.29, 0.717) is 24.0 Å². The van der Waals surface area contributed by atoms with Crippen LogP contribution >= 0.6 is 24.0 Å². The number of nitrogens with one attached hydrogen (secondary N) is 1. The van der Waals surface area contributed by atoms with Crippen LogP contribution in [-0.4, -0.2) is 44.3 Å². The van der Waals surface area contributed by atoms with Crippen LogP contribution in [0.2, 0.25) is 5.02 Å². The first kappa shape index (κ1) is 19.6. The number of hydrogen-bond donors (Lipinski definition) is 1. The van der Waals surface area contributed by atoms with Crippen LogP contribution in [0.25, 0.3) is 0 Å². The Morgan fingerprint density at radius 3 is 2.71 bits per heavy atom. The second-order valence-corrected chi connectivity index (χ2v) is 6.89. The van der Waals surface area contributed by atoms with Gasteiger partial charge in [0.25, 0.3) is 0 Å². The molecule has 0 bridgehead atoms. The summed E-state index contributed by atoms with van der Waals surface area (Å²) < 4.78 is 11.5. The standard InChI is InChI=1S/C18H27ClN2O2.ClH/c1-2-20-12-14-4-6-21(7-5-14)13-15-10-16(19)18-17(11-15)22-8-3-9-23-18;/h10-11,14,20H,2-9,12-13H2,1H3;1H. The molecule has 2 heterocycles. The van der Waals surface area contributed by atoms with E-state index in [2.05, 4.69) is 23.2 Å². The van der Waals surface area contributed by atoms with E-state index in [-0.39, 0.29) is 12.4 Å². The molecular formula is C18H28Cl2N2O2. The highest BCUT2D eigenvalue weighted by atomic mass is 35.5. The average Bonchev–Trinajstić information content (AvgIpc) is 2.80. The van der Waals surface area contributed by atoms with Crippen molar-refractivity contribution in [1.29, 1.82) is 0 Å². The van der Waals surface area contributed by atoms with Gasteiger partial charge >= 0.3 is 0 Å². The molecule has 24 heavy (non-hydrogen) atoms.